The summed E-state index contributed by atoms with van der Waals surface area (Å²) < 4.78 is 33.0. The number of amides is 2. The van der Waals surface area contributed by atoms with Gasteiger partial charge in [0.1, 0.15) is 11.4 Å². The van der Waals surface area contributed by atoms with Gasteiger partial charge in [0.05, 0.1) is 24.1 Å². The van der Waals surface area contributed by atoms with Crippen LogP contribution >= 0.6 is 0 Å². The summed E-state index contributed by atoms with van der Waals surface area (Å²) >= 11 is 0. The third kappa shape index (κ3) is 7.05. The molecule has 162 valence electrons. The van der Waals surface area contributed by atoms with Crippen molar-refractivity contribution in [2.75, 3.05) is 17.7 Å². The van der Waals surface area contributed by atoms with E-state index in [0.29, 0.717) is 22.7 Å². The summed E-state index contributed by atoms with van der Waals surface area (Å²) in [7, 11) is -2.33. The van der Waals surface area contributed by atoms with Crippen LogP contribution in [-0.4, -0.2) is 33.1 Å². The van der Waals surface area contributed by atoms with Gasteiger partial charge in [0.15, 0.2) is 0 Å². The number of methoxy groups -OCH3 is 1. The molecule has 0 aliphatic carbocycles. The fourth-order valence-corrected chi connectivity index (χ4v) is 3.00. The minimum atomic E-state index is -3.79. The van der Waals surface area contributed by atoms with Gasteiger partial charge in [-0.1, -0.05) is 12.1 Å². The number of sulfonamides is 1. The first-order chi connectivity index (χ1) is 13.9. The summed E-state index contributed by atoms with van der Waals surface area (Å²) in [6, 6.07) is 10.5. The molecular formula is C20H25N3O6S. The van der Waals surface area contributed by atoms with Gasteiger partial charge < -0.3 is 14.8 Å². The number of primary sulfonamides is 1. The van der Waals surface area contributed by atoms with Crippen molar-refractivity contribution in [1.82, 2.24) is 0 Å². The van der Waals surface area contributed by atoms with Crippen LogP contribution in [0.1, 0.15) is 26.3 Å². The van der Waals surface area contributed by atoms with Crippen molar-refractivity contribution < 1.29 is 27.5 Å². The topological polar surface area (TPSA) is 137 Å². The number of benzene rings is 2. The highest BCUT2D eigenvalue weighted by molar-refractivity contribution is 7.89. The van der Waals surface area contributed by atoms with Crippen molar-refractivity contribution in [3.63, 3.8) is 0 Å². The van der Waals surface area contributed by atoms with E-state index in [0.717, 1.165) is 0 Å². The lowest BCUT2D eigenvalue weighted by atomic mass is 10.1. The summed E-state index contributed by atoms with van der Waals surface area (Å²) in [5.74, 6) is 0.0733. The van der Waals surface area contributed by atoms with E-state index >= 15 is 0 Å². The van der Waals surface area contributed by atoms with E-state index in [4.69, 9.17) is 14.6 Å². The van der Waals surface area contributed by atoms with E-state index in [1.165, 1.54) is 31.4 Å². The van der Waals surface area contributed by atoms with E-state index in [-0.39, 0.29) is 17.2 Å². The average molecular weight is 436 g/mol. The zero-order valence-electron chi connectivity index (χ0n) is 17.2. The molecule has 0 aliphatic heterocycles. The molecule has 0 heterocycles. The molecule has 2 rings (SSSR count). The smallest absolute Gasteiger partial charge is 0.412 e. The molecule has 9 nitrogen and oxygen atoms in total. The van der Waals surface area contributed by atoms with Crippen LogP contribution in [0.25, 0.3) is 0 Å². The van der Waals surface area contributed by atoms with E-state index in [1.54, 1.807) is 39.0 Å². The molecule has 0 fully saturated rings. The molecule has 0 atom stereocenters. The maximum Gasteiger partial charge on any atom is 0.412 e. The third-order valence-electron chi connectivity index (χ3n) is 3.74. The van der Waals surface area contributed by atoms with Crippen molar-refractivity contribution in [2.24, 2.45) is 5.14 Å². The average Bonchev–Trinajstić information content (AvgIpc) is 2.60. The molecule has 0 spiro atoms. The summed E-state index contributed by atoms with van der Waals surface area (Å²) in [5, 5.41) is 10.4. The van der Waals surface area contributed by atoms with E-state index in [2.05, 4.69) is 10.6 Å². The second-order valence-corrected chi connectivity index (χ2v) is 9.02. The molecule has 2 aromatic carbocycles. The van der Waals surface area contributed by atoms with Crippen LogP contribution < -0.4 is 20.5 Å². The number of nitrogens with one attached hydrogen (secondary N) is 2. The monoisotopic (exact) mass is 435 g/mol. The van der Waals surface area contributed by atoms with Crippen LogP contribution in [-0.2, 0) is 26.0 Å². The zero-order valence-corrected chi connectivity index (χ0v) is 18.0. The Bertz CT molecular complexity index is 1030. The largest absolute Gasteiger partial charge is 0.495 e. The lowest BCUT2D eigenvalue weighted by molar-refractivity contribution is -0.115. The summed E-state index contributed by atoms with van der Waals surface area (Å²) in [5.41, 5.74) is 0.720. The van der Waals surface area contributed by atoms with Gasteiger partial charge in [0.2, 0.25) is 15.9 Å². The highest BCUT2D eigenvalue weighted by Gasteiger charge is 2.18. The fourth-order valence-electron chi connectivity index (χ4n) is 2.48. The first kappa shape index (κ1) is 23.2. The second kappa shape index (κ2) is 9.14. The Balaban J connectivity index is 2.08. The normalized spacial score (nSPS) is 11.5. The van der Waals surface area contributed by atoms with Gasteiger partial charge >= 0.3 is 6.09 Å². The number of hydrogen-bond donors (Lipinski definition) is 3. The molecule has 2 amide bonds. The molecule has 4 N–H and O–H groups in total. The van der Waals surface area contributed by atoms with Crippen LogP contribution in [0.4, 0.5) is 16.2 Å². The van der Waals surface area contributed by atoms with Crippen LogP contribution in [0.5, 0.6) is 5.75 Å². The minimum absolute atomic E-state index is 0.0196. The fraction of sp³-hybridized carbons (Fsp3) is 0.300. The number of ether oxygens (including phenoxy) is 2. The van der Waals surface area contributed by atoms with Crippen LogP contribution in [0.15, 0.2) is 47.4 Å². The highest BCUT2D eigenvalue weighted by atomic mass is 32.2. The van der Waals surface area contributed by atoms with Crippen molar-refractivity contribution >= 4 is 33.4 Å². The van der Waals surface area contributed by atoms with Gasteiger partial charge in [0.25, 0.3) is 0 Å². The van der Waals surface area contributed by atoms with Crippen molar-refractivity contribution in [3.05, 3.63) is 48.0 Å². The number of carbonyl (C=O) groups excluding carboxylic acids is 2. The zero-order chi connectivity index (χ0) is 22.5. The molecule has 0 unspecified atom stereocenters. The van der Waals surface area contributed by atoms with Gasteiger partial charge in [-0.2, -0.15) is 0 Å². The van der Waals surface area contributed by atoms with E-state index < -0.39 is 21.7 Å². The SMILES string of the molecule is COc1ccc(NC(=O)Cc2ccc(S(N)(=O)=O)cc2)cc1NC(=O)OC(C)(C)C. The molecule has 0 bridgehead atoms. The van der Waals surface area contributed by atoms with Gasteiger partial charge in [-0.25, -0.2) is 18.4 Å². The predicted molar refractivity (Wildman–Crippen MR) is 113 cm³/mol. The van der Waals surface area contributed by atoms with Crippen molar-refractivity contribution in [1.29, 1.82) is 0 Å². The highest BCUT2D eigenvalue weighted by Crippen LogP contribution is 2.28. The van der Waals surface area contributed by atoms with Gasteiger partial charge in [-0.3, -0.25) is 10.1 Å². The van der Waals surface area contributed by atoms with Gasteiger partial charge in [-0.15, -0.1) is 0 Å². The van der Waals surface area contributed by atoms with Gasteiger partial charge in [0, 0.05) is 5.69 Å². The molecule has 0 saturated carbocycles. The third-order valence-corrected chi connectivity index (χ3v) is 4.66. The lowest BCUT2D eigenvalue weighted by Gasteiger charge is -2.20. The maximum absolute atomic E-state index is 12.3. The van der Waals surface area contributed by atoms with E-state index in [1.807, 2.05) is 0 Å². The number of hydrogen-bond acceptors (Lipinski definition) is 6. The Morgan fingerprint density at radius 2 is 1.67 bits per heavy atom. The summed E-state index contributed by atoms with van der Waals surface area (Å²) in [6.45, 7) is 5.24. The van der Waals surface area contributed by atoms with Crippen LogP contribution in [0, 0.1) is 0 Å². The molecule has 30 heavy (non-hydrogen) atoms. The predicted octanol–water partition coefficient (Wildman–Crippen LogP) is 2.87. The number of carbonyl (C=O) groups is 2. The molecule has 0 radical (unpaired) electrons. The number of anilines is 2. The summed E-state index contributed by atoms with van der Waals surface area (Å²) in [4.78, 5) is 24.4. The lowest BCUT2D eigenvalue weighted by Crippen LogP contribution is -2.27. The first-order valence-electron chi connectivity index (χ1n) is 8.97. The van der Waals surface area contributed by atoms with Crippen molar-refractivity contribution in [3.8, 4) is 5.75 Å². The Morgan fingerprint density at radius 1 is 1.03 bits per heavy atom. The Hall–Kier alpha value is -3.11. The van der Waals surface area contributed by atoms with Crippen molar-refractivity contribution in [2.45, 2.75) is 37.7 Å². The number of rotatable bonds is 6. The Labute approximate surface area is 175 Å². The van der Waals surface area contributed by atoms with Crippen LogP contribution in [0.3, 0.4) is 0 Å². The van der Waals surface area contributed by atoms with E-state index in [9.17, 15) is 18.0 Å². The van der Waals surface area contributed by atoms with Gasteiger partial charge in [-0.05, 0) is 56.7 Å². The molecule has 0 aromatic heterocycles. The second-order valence-electron chi connectivity index (χ2n) is 7.46. The summed E-state index contributed by atoms with van der Waals surface area (Å²) in [6.07, 6.45) is -0.634. The van der Waals surface area contributed by atoms with Crippen LogP contribution in [0.2, 0.25) is 0 Å². The number of nitrogens with two attached hydrogens (primary N) is 1. The standard InChI is InChI=1S/C20H25N3O6S/c1-20(2,3)29-19(25)23-16-12-14(7-10-17(16)28-4)22-18(24)11-13-5-8-15(9-6-13)30(21,26)27/h5-10,12H,11H2,1-4H3,(H,22,24)(H,23,25)(H2,21,26,27). The maximum atomic E-state index is 12.3. The molecule has 10 heteroatoms. The first-order valence-corrected chi connectivity index (χ1v) is 10.5. The Morgan fingerprint density at radius 3 is 2.20 bits per heavy atom. The molecule has 0 aliphatic rings. The quantitative estimate of drug-likeness (QED) is 0.638. The molecule has 0 saturated heterocycles. The molecule has 2 aromatic rings. The molecular weight excluding hydrogens is 410 g/mol. The minimum Gasteiger partial charge on any atom is -0.495 e. The Kier molecular flexibility index (Phi) is 7.06.